The molecule has 0 spiro atoms. The van der Waals surface area contributed by atoms with E-state index < -0.39 is 0 Å². The van der Waals surface area contributed by atoms with Gasteiger partial charge in [0.25, 0.3) is 0 Å². The molecule has 1 heterocycles. The molecule has 72 valence electrons. The molecule has 1 aromatic heterocycles. The number of nitrogens with two attached hydrogens (primary N) is 1. The molecule has 0 bridgehead atoms. The van der Waals surface area contributed by atoms with Gasteiger partial charge in [-0.1, -0.05) is 30.3 Å². The van der Waals surface area contributed by atoms with Gasteiger partial charge in [0.2, 0.25) is 5.95 Å². The van der Waals surface area contributed by atoms with Gasteiger partial charge in [-0.3, -0.25) is 4.68 Å². The second kappa shape index (κ2) is 3.91. The zero-order chi connectivity index (χ0) is 9.80. The summed E-state index contributed by atoms with van der Waals surface area (Å²) in [6, 6.07) is 10.3. The van der Waals surface area contributed by atoms with Crippen molar-refractivity contribution in [2.75, 3.05) is 5.73 Å². The number of nitrogens with zero attached hydrogens (tertiary/aromatic N) is 3. The van der Waals surface area contributed by atoms with Gasteiger partial charge in [-0.15, -0.1) is 5.10 Å². The van der Waals surface area contributed by atoms with Crippen LogP contribution in [0.1, 0.15) is 5.56 Å². The van der Waals surface area contributed by atoms with Crippen molar-refractivity contribution in [1.29, 1.82) is 0 Å². The normalized spacial score (nSPS) is 10.3. The molecule has 0 atom stereocenters. The lowest BCUT2D eigenvalue weighted by molar-refractivity contribution is 0.615. The topological polar surface area (TPSA) is 56.7 Å². The minimum Gasteiger partial charge on any atom is -0.367 e. The lowest BCUT2D eigenvalue weighted by atomic mass is 10.2. The third kappa shape index (κ3) is 2.10. The van der Waals surface area contributed by atoms with E-state index in [9.17, 15) is 0 Å². The monoisotopic (exact) mass is 188 g/mol. The van der Waals surface area contributed by atoms with Crippen LogP contribution in [0.5, 0.6) is 0 Å². The van der Waals surface area contributed by atoms with Crippen molar-refractivity contribution < 1.29 is 0 Å². The summed E-state index contributed by atoms with van der Waals surface area (Å²) >= 11 is 0. The van der Waals surface area contributed by atoms with E-state index >= 15 is 0 Å². The van der Waals surface area contributed by atoms with Crippen LogP contribution in [0.25, 0.3) is 0 Å². The van der Waals surface area contributed by atoms with E-state index in [-0.39, 0.29) is 0 Å². The molecule has 0 fully saturated rings. The molecule has 0 aliphatic carbocycles. The Hall–Kier alpha value is -1.84. The van der Waals surface area contributed by atoms with E-state index in [1.165, 1.54) is 5.56 Å². The standard InChI is InChI=1S/C10H12N4/c11-10-12-8-14(13-10)7-6-9-4-2-1-3-5-9/h1-5,8H,6-7H2,(H2,11,13). The van der Waals surface area contributed by atoms with Crippen molar-refractivity contribution in [2.24, 2.45) is 0 Å². The van der Waals surface area contributed by atoms with Gasteiger partial charge in [-0.2, -0.15) is 0 Å². The lowest BCUT2D eigenvalue weighted by Gasteiger charge is -2.00. The average molecular weight is 188 g/mol. The first-order valence-corrected chi connectivity index (χ1v) is 4.53. The van der Waals surface area contributed by atoms with Crippen molar-refractivity contribution >= 4 is 5.95 Å². The third-order valence-electron chi connectivity index (χ3n) is 2.03. The molecule has 0 saturated carbocycles. The summed E-state index contributed by atoms with van der Waals surface area (Å²) in [5.74, 6) is 0.332. The smallest absolute Gasteiger partial charge is 0.239 e. The van der Waals surface area contributed by atoms with E-state index in [1.807, 2.05) is 18.2 Å². The predicted octanol–water partition coefficient (Wildman–Crippen LogP) is 1.10. The van der Waals surface area contributed by atoms with Crippen LogP contribution in [0.15, 0.2) is 36.7 Å². The Morgan fingerprint density at radius 1 is 1.21 bits per heavy atom. The SMILES string of the molecule is Nc1ncn(CCc2ccccc2)n1. The van der Waals surface area contributed by atoms with Crippen molar-refractivity contribution in [3.8, 4) is 0 Å². The Morgan fingerprint density at radius 2 is 2.00 bits per heavy atom. The molecule has 0 radical (unpaired) electrons. The fourth-order valence-electron chi connectivity index (χ4n) is 1.31. The molecule has 0 aliphatic heterocycles. The minimum absolute atomic E-state index is 0.332. The Morgan fingerprint density at radius 3 is 2.64 bits per heavy atom. The van der Waals surface area contributed by atoms with E-state index in [2.05, 4.69) is 22.2 Å². The second-order valence-electron chi connectivity index (χ2n) is 3.10. The minimum atomic E-state index is 0.332. The zero-order valence-corrected chi connectivity index (χ0v) is 7.80. The number of rotatable bonds is 3. The van der Waals surface area contributed by atoms with Crippen LogP contribution in [0.3, 0.4) is 0 Å². The second-order valence-corrected chi connectivity index (χ2v) is 3.10. The molecule has 0 aliphatic rings. The maximum absolute atomic E-state index is 5.40. The van der Waals surface area contributed by atoms with Gasteiger partial charge in [0.15, 0.2) is 0 Å². The molecular weight excluding hydrogens is 176 g/mol. The molecule has 1 aromatic carbocycles. The largest absolute Gasteiger partial charge is 0.367 e. The average Bonchev–Trinajstić information content (AvgIpc) is 2.63. The fourth-order valence-corrected chi connectivity index (χ4v) is 1.31. The van der Waals surface area contributed by atoms with Gasteiger partial charge in [-0.25, -0.2) is 4.98 Å². The van der Waals surface area contributed by atoms with Gasteiger partial charge in [0.05, 0.1) is 0 Å². The summed E-state index contributed by atoms with van der Waals surface area (Å²) in [7, 11) is 0. The molecule has 0 unspecified atom stereocenters. The van der Waals surface area contributed by atoms with Crippen LogP contribution in [0.4, 0.5) is 5.95 Å². The predicted molar refractivity (Wildman–Crippen MR) is 54.6 cm³/mol. The number of nitrogen functional groups attached to an aromatic ring is 1. The molecule has 14 heavy (non-hydrogen) atoms. The number of hydrogen-bond donors (Lipinski definition) is 1. The summed E-state index contributed by atoms with van der Waals surface area (Å²) < 4.78 is 1.75. The maximum atomic E-state index is 5.40. The number of anilines is 1. The third-order valence-corrected chi connectivity index (χ3v) is 2.03. The zero-order valence-electron chi connectivity index (χ0n) is 7.80. The molecule has 2 N–H and O–H groups in total. The lowest BCUT2D eigenvalue weighted by Crippen LogP contribution is -2.02. The van der Waals surface area contributed by atoms with Crippen molar-refractivity contribution in [1.82, 2.24) is 14.8 Å². The maximum Gasteiger partial charge on any atom is 0.239 e. The highest BCUT2D eigenvalue weighted by molar-refractivity contribution is 5.14. The molecular formula is C10H12N4. The summed E-state index contributed by atoms with van der Waals surface area (Å²) in [6.07, 6.45) is 2.60. The van der Waals surface area contributed by atoms with Crippen LogP contribution in [-0.2, 0) is 13.0 Å². The van der Waals surface area contributed by atoms with E-state index in [0.29, 0.717) is 5.95 Å². The van der Waals surface area contributed by atoms with Gasteiger partial charge in [0.1, 0.15) is 6.33 Å². The van der Waals surface area contributed by atoms with Crippen LogP contribution in [-0.4, -0.2) is 14.8 Å². The van der Waals surface area contributed by atoms with E-state index in [4.69, 9.17) is 5.73 Å². The summed E-state index contributed by atoms with van der Waals surface area (Å²) in [6.45, 7) is 0.814. The van der Waals surface area contributed by atoms with Gasteiger partial charge < -0.3 is 5.73 Å². The molecule has 2 rings (SSSR count). The van der Waals surface area contributed by atoms with E-state index in [0.717, 1.165) is 13.0 Å². The van der Waals surface area contributed by atoms with Crippen molar-refractivity contribution in [3.63, 3.8) is 0 Å². The first kappa shape index (κ1) is 8.74. The van der Waals surface area contributed by atoms with Crippen molar-refractivity contribution in [2.45, 2.75) is 13.0 Å². The number of aromatic nitrogens is 3. The molecule has 4 heteroatoms. The first-order chi connectivity index (χ1) is 6.84. The highest BCUT2D eigenvalue weighted by Crippen LogP contribution is 2.01. The first-order valence-electron chi connectivity index (χ1n) is 4.53. The highest BCUT2D eigenvalue weighted by atomic mass is 15.3. The number of aryl methyl sites for hydroxylation is 2. The summed E-state index contributed by atoms with van der Waals surface area (Å²) in [5.41, 5.74) is 6.70. The molecule has 0 saturated heterocycles. The summed E-state index contributed by atoms with van der Waals surface area (Å²) in [4.78, 5) is 3.86. The Bertz CT molecular complexity index is 394. The molecule has 2 aromatic rings. The Kier molecular flexibility index (Phi) is 2.44. The highest BCUT2D eigenvalue weighted by Gasteiger charge is 1.96. The van der Waals surface area contributed by atoms with Gasteiger partial charge in [0, 0.05) is 6.54 Å². The van der Waals surface area contributed by atoms with Gasteiger partial charge in [-0.05, 0) is 12.0 Å². The quantitative estimate of drug-likeness (QED) is 0.784. The van der Waals surface area contributed by atoms with Gasteiger partial charge >= 0.3 is 0 Å². The van der Waals surface area contributed by atoms with Crippen LogP contribution < -0.4 is 5.73 Å². The van der Waals surface area contributed by atoms with Crippen LogP contribution in [0, 0.1) is 0 Å². The number of benzene rings is 1. The Balaban J connectivity index is 1.95. The fraction of sp³-hybridized carbons (Fsp3) is 0.200. The van der Waals surface area contributed by atoms with Crippen LogP contribution in [0.2, 0.25) is 0 Å². The van der Waals surface area contributed by atoms with Crippen molar-refractivity contribution in [3.05, 3.63) is 42.2 Å². The summed E-state index contributed by atoms with van der Waals surface area (Å²) in [5, 5.41) is 4.01. The van der Waals surface area contributed by atoms with E-state index in [1.54, 1.807) is 11.0 Å². The molecule has 0 amide bonds. The Labute approximate surface area is 82.4 Å². The number of hydrogen-bond acceptors (Lipinski definition) is 3. The molecule has 4 nitrogen and oxygen atoms in total. The van der Waals surface area contributed by atoms with Crippen LogP contribution >= 0.6 is 0 Å².